The highest BCUT2D eigenvalue weighted by Crippen LogP contribution is 2.31. The van der Waals surface area contributed by atoms with E-state index in [1.165, 1.54) is 23.5 Å². The van der Waals surface area contributed by atoms with Crippen molar-refractivity contribution in [2.75, 3.05) is 50.6 Å². The van der Waals surface area contributed by atoms with Crippen LogP contribution in [0.3, 0.4) is 0 Å². The molecule has 0 unspecified atom stereocenters. The summed E-state index contributed by atoms with van der Waals surface area (Å²) >= 11 is 0. The lowest BCUT2D eigenvalue weighted by molar-refractivity contribution is -0.115. The molecule has 3 rings (SSSR count). The third-order valence-corrected chi connectivity index (χ3v) is 6.96. The summed E-state index contributed by atoms with van der Waals surface area (Å²) in [6.45, 7) is 3.53. The van der Waals surface area contributed by atoms with Gasteiger partial charge in [0.15, 0.2) is 0 Å². The monoisotopic (exact) mass is 433 g/mol. The number of amides is 1. The Kier molecular flexibility index (Phi) is 6.84. The second kappa shape index (κ2) is 9.36. The molecule has 1 heterocycles. The predicted molar refractivity (Wildman–Crippen MR) is 116 cm³/mol. The summed E-state index contributed by atoms with van der Waals surface area (Å²) < 4.78 is 38.5. The number of rotatable bonds is 7. The van der Waals surface area contributed by atoms with Crippen LogP contribution < -0.4 is 19.7 Å². The molecule has 9 heteroatoms. The van der Waals surface area contributed by atoms with Crippen LogP contribution in [0.15, 0.2) is 47.4 Å². The van der Waals surface area contributed by atoms with Crippen molar-refractivity contribution in [2.45, 2.75) is 18.2 Å². The second-order valence-electron chi connectivity index (χ2n) is 6.83. The van der Waals surface area contributed by atoms with Crippen LogP contribution in [-0.2, 0) is 14.8 Å². The molecule has 1 saturated heterocycles. The minimum atomic E-state index is -3.70. The molecule has 0 saturated carbocycles. The summed E-state index contributed by atoms with van der Waals surface area (Å²) in [6.07, 6.45) is 0.283. The van der Waals surface area contributed by atoms with E-state index >= 15 is 0 Å². The van der Waals surface area contributed by atoms with E-state index in [4.69, 9.17) is 9.47 Å². The Morgan fingerprint density at radius 1 is 1.00 bits per heavy atom. The number of piperazine rings is 1. The quantitative estimate of drug-likeness (QED) is 0.722. The fourth-order valence-corrected chi connectivity index (χ4v) is 4.84. The van der Waals surface area contributed by atoms with E-state index < -0.39 is 10.0 Å². The van der Waals surface area contributed by atoms with Crippen LogP contribution in [-0.4, -0.2) is 59.0 Å². The van der Waals surface area contributed by atoms with Crippen LogP contribution in [0.25, 0.3) is 0 Å². The summed E-state index contributed by atoms with van der Waals surface area (Å²) in [6, 6.07) is 12.2. The topological polar surface area (TPSA) is 88.2 Å². The van der Waals surface area contributed by atoms with Gasteiger partial charge in [-0.3, -0.25) is 4.79 Å². The maximum Gasteiger partial charge on any atom is 0.243 e. The van der Waals surface area contributed by atoms with Crippen LogP contribution in [0.5, 0.6) is 11.5 Å². The third-order valence-electron chi connectivity index (χ3n) is 5.07. The SMILES string of the molecule is CCC(=O)Nc1cc(S(=O)(=O)N2CCN(c3ccccc3OC)CC2)ccc1OC. The number of carbonyl (C=O) groups is 1. The molecule has 0 spiro atoms. The van der Waals surface area contributed by atoms with Crippen molar-refractivity contribution >= 4 is 27.3 Å². The molecule has 1 aliphatic heterocycles. The van der Waals surface area contributed by atoms with Gasteiger partial charge in [0, 0.05) is 32.6 Å². The van der Waals surface area contributed by atoms with Crippen LogP contribution in [0.1, 0.15) is 13.3 Å². The van der Waals surface area contributed by atoms with E-state index in [0.29, 0.717) is 37.6 Å². The van der Waals surface area contributed by atoms with Gasteiger partial charge >= 0.3 is 0 Å². The Bertz CT molecular complexity index is 1000. The lowest BCUT2D eigenvalue weighted by atomic mass is 10.2. The fraction of sp³-hybridized carbons (Fsp3) is 0.381. The third kappa shape index (κ3) is 4.52. The van der Waals surface area contributed by atoms with Crippen molar-refractivity contribution in [3.63, 3.8) is 0 Å². The molecule has 8 nitrogen and oxygen atoms in total. The highest BCUT2D eigenvalue weighted by molar-refractivity contribution is 7.89. The Morgan fingerprint density at radius 3 is 2.30 bits per heavy atom. The standard InChI is InChI=1S/C21H27N3O5S/c1-4-21(25)22-17-15-16(9-10-19(17)28-2)30(26,27)24-13-11-23(12-14-24)18-7-5-6-8-20(18)29-3/h5-10,15H,4,11-14H2,1-3H3,(H,22,25). The Morgan fingerprint density at radius 2 is 1.67 bits per heavy atom. The van der Waals surface area contributed by atoms with Crippen molar-refractivity contribution in [1.29, 1.82) is 0 Å². The normalized spacial score (nSPS) is 15.0. The molecule has 162 valence electrons. The average molecular weight is 434 g/mol. The summed E-state index contributed by atoms with van der Waals surface area (Å²) in [5.74, 6) is 0.963. The Hall–Kier alpha value is -2.78. The molecule has 2 aromatic carbocycles. The molecule has 0 radical (unpaired) electrons. The van der Waals surface area contributed by atoms with Crippen LogP contribution in [0, 0.1) is 0 Å². The number of carbonyl (C=O) groups excluding carboxylic acids is 1. The molecule has 0 aromatic heterocycles. The smallest absolute Gasteiger partial charge is 0.243 e. The van der Waals surface area contributed by atoms with Gasteiger partial charge in [-0.2, -0.15) is 4.31 Å². The number of ether oxygens (including phenoxy) is 2. The molecular formula is C21H27N3O5S. The van der Waals surface area contributed by atoms with Crippen molar-refractivity contribution in [1.82, 2.24) is 4.31 Å². The molecule has 1 aliphatic rings. The number of hydrogen-bond acceptors (Lipinski definition) is 6. The van der Waals surface area contributed by atoms with Gasteiger partial charge in [-0.05, 0) is 30.3 Å². The number of hydrogen-bond donors (Lipinski definition) is 1. The molecule has 0 bridgehead atoms. The first-order valence-corrected chi connectivity index (χ1v) is 11.2. The van der Waals surface area contributed by atoms with E-state index in [0.717, 1.165) is 11.4 Å². The molecule has 2 aromatic rings. The number of benzene rings is 2. The number of sulfonamides is 1. The summed E-state index contributed by atoms with van der Waals surface area (Å²) in [4.78, 5) is 14.0. The number of nitrogens with zero attached hydrogens (tertiary/aromatic N) is 2. The number of para-hydroxylation sites is 2. The lowest BCUT2D eigenvalue weighted by Crippen LogP contribution is -2.48. The fourth-order valence-electron chi connectivity index (χ4n) is 3.39. The largest absolute Gasteiger partial charge is 0.495 e. The number of nitrogens with one attached hydrogen (secondary N) is 1. The van der Waals surface area contributed by atoms with E-state index in [1.807, 2.05) is 24.3 Å². The summed E-state index contributed by atoms with van der Waals surface area (Å²) in [5, 5.41) is 2.70. The van der Waals surface area contributed by atoms with Gasteiger partial charge in [0.2, 0.25) is 15.9 Å². The zero-order valence-corrected chi connectivity index (χ0v) is 18.2. The van der Waals surface area contributed by atoms with Crippen LogP contribution >= 0.6 is 0 Å². The zero-order chi connectivity index (χ0) is 21.7. The summed E-state index contributed by atoms with van der Waals surface area (Å²) in [5.41, 5.74) is 1.30. The average Bonchev–Trinajstić information content (AvgIpc) is 2.78. The predicted octanol–water partition coefficient (Wildman–Crippen LogP) is 2.56. The first kappa shape index (κ1) is 21.9. The Labute approximate surface area is 177 Å². The van der Waals surface area contributed by atoms with Crippen molar-refractivity contribution in [3.8, 4) is 11.5 Å². The molecule has 1 N–H and O–H groups in total. The maximum absolute atomic E-state index is 13.2. The molecule has 0 atom stereocenters. The van der Waals surface area contributed by atoms with Crippen LogP contribution in [0.2, 0.25) is 0 Å². The van der Waals surface area contributed by atoms with E-state index in [2.05, 4.69) is 10.2 Å². The van der Waals surface area contributed by atoms with Gasteiger partial charge in [0.05, 0.1) is 30.5 Å². The van der Waals surface area contributed by atoms with Gasteiger partial charge in [-0.1, -0.05) is 19.1 Å². The second-order valence-corrected chi connectivity index (χ2v) is 8.76. The van der Waals surface area contributed by atoms with Crippen molar-refractivity contribution in [2.24, 2.45) is 0 Å². The minimum Gasteiger partial charge on any atom is -0.495 e. The first-order valence-electron chi connectivity index (χ1n) is 9.76. The highest BCUT2D eigenvalue weighted by atomic mass is 32.2. The van der Waals surface area contributed by atoms with Gasteiger partial charge in [0.1, 0.15) is 11.5 Å². The van der Waals surface area contributed by atoms with Gasteiger partial charge in [-0.25, -0.2) is 8.42 Å². The van der Waals surface area contributed by atoms with Crippen LogP contribution in [0.4, 0.5) is 11.4 Å². The molecular weight excluding hydrogens is 406 g/mol. The van der Waals surface area contributed by atoms with E-state index in [1.54, 1.807) is 20.1 Å². The van der Waals surface area contributed by atoms with E-state index in [9.17, 15) is 13.2 Å². The first-order chi connectivity index (χ1) is 14.4. The van der Waals surface area contributed by atoms with Gasteiger partial charge < -0.3 is 19.7 Å². The molecule has 30 heavy (non-hydrogen) atoms. The lowest BCUT2D eigenvalue weighted by Gasteiger charge is -2.36. The highest BCUT2D eigenvalue weighted by Gasteiger charge is 2.30. The number of methoxy groups -OCH3 is 2. The minimum absolute atomic E-state index is 0.125. The number of anilines is 2. The summed E-state index contributed by atoms with van der Waals surface area (Å²) in [7, 11) is -0.607. The van der Waals surface area contributed by atoms with Gasteiger partial charge in [0.25, 0.3) is 0 Å². The van der Waals surface area contributed by atoms with Gasteiger partial charge in [-0.15, -0.1) is 0 Å². The molecule has 0 aliphatic carbocycles. The zero-order valence-electron chi connectivity index (χ0n) is 17.4. The molecule has 1 fully saturated rings. The van der Waals surface area contributed by atoms with E-state index in [-0.39, 0.29) is 17.2 Å². The van der Waals surface area contributed by atoms with Crippen molar-refractivity contribution < 1.29 is 22.7 Å². The molecule has 1 amide bonds. The maximum atomic E-state index is 13.2. The Balaban J connectivity index is 1.78. The van der Waals surface area contributed by atoms with Crippen molar-refractivity contribution in [3.05, 3.63) is 42.5 Å².